The second-order valence-corrected chi connectivity index (χ2v) is 19.8. The molecule has 5 rings (SSSR count). The van der Waals surface area contributed by atoms with Gasteiger partial charge in [-0.15, -0.1) is 6.58 Å². The average molecular weight is 759 g/mol. The van der Waals surface area contributed by atoms with Crippen LogP contribution >= 0.6 is 0 Å². The lowest BCUT2D eigenvalue weighted by atomic mass is 9.70. The summed E-state index contributed by atoms with van der Waals surface area (Å²) in [6, 6.07) is -0.462. The van der Waals surface area contributed by atoms with Crippen molar-refractivity contribution in [3.63, 3.8) is 0 Å². The lowest BCUT2D eigenvalue weighted by molar-refractivity contribution is -0.121. The molecule has 1 heterocycles. The molecule has 5 fully saturated rings. The lowest BCUT2D eigenvalue weighted by Gasteiger charge is -2.47. The Morgan fingerprint density at radius 1 is 0.891 bits per heavy atom. The van der Waals surface area contributed by atoms with Gasteiger partial charge < -0.3 is 31.5 Å². The Balaban J connectivity index is 1.37. The third-order valence-corrected chi connectivity index (χ3v) is 14.4. The second-order valence-electron chi connectivity index (χ2n) is 19.8. The SMILES string of the molecule is C=CCNC(=C)C(=C)C(CCC1CC1)NC(=C)C1[C@@H]2[C@H](CN1C(=C)C(NC(=O)NC(CCC(=O)NCC1CC1)C(C)(C)C)C1(CC)CCCCCC1)C2(C)C. The van der Waals surface area contributed by atoms with Gasteiger partial charge in [-0.3, -0.25) is 4.79 Å². The maximum atomic E-state index is 14.3. The van der Waals surface area contributed by atoms with Crippen LogP contribution in [0, 0.1) is 39.9 Å². The van der Waals surface area contributed by atoms with Crippen LogP contribution in [0.15, 0.2) is 61.6 Å². The highest BCUT2D eigenvalue weighted by Gasteiger charge is 2.68. The lowest BCUT2D eigenvalue weighted by Crippen LogP contribution is -2.58. The van der Waals surface area contributed by atoms with Crippen molar-refractivity contribution in [2.24, 2.45) is 39.9 Å². The molecule has 8 heteroatoms. The fraction of sp³-hybridized carbons (Fsp3) is 0.745. The summed E-state index contributed by atoms with van der Waals surface area (Å²) in [7, 11) is 0. The van der Waals surface area contributed by atoms with E-state index in [-0.39, 0.29) is 52.4 Å². The Morgan fingerprint density at radius 2 is 1.55 bits per heavy atom. The van der Waals surface area contributed by atoms with Gasteiger partial charge in [-0.2, -0.15) is 0 Å². The van der Waals surface area contributed by atoms with Crippen LogP contribution in [0.1, 0.15) is 138 Å². The van der Waals surface area contributed by atoms with Crippen molar-refractivity contribution < 1.29 is 9.59 Å². The van der Waals surface area contributed by atoms with Gasteiger partial charge >= 0.3 is 6.03 Å². The molecule has 0 bridgehead atoms. The highest BCUT2D eigenvalue weighted by atomic mass is 16.2. The van der Waals surface area contributed by atoms with E-state index in [1.165, 1.54) is 38.5 Å². The van der Waals surface area contributed by atoms with Crippen LogP contribution in [0.5, 0.6) is 0 Å². The van der Waals surface area contributed by atoms with Crippen LogP contribution in [0.25, 0.3) is 0 Å². The van der Waals surface area contributed by atoms with Gasteiger partial charge in [0.1, 0.15) is 0 Å². The molecule has 1 aliphatic heterocycles. The van der Waals surface area contributed by atoms with Crippen molar-refractivity contribution in [3.05, 3.63) is 61.6 Å². The summed E-state index contributed by atoms with van der Waals surface area (Å²) in [4.78, 5) is 29.6. The number of rotatable bonds is 22. The molecule has 5 aliphatic rings. The van der Waals surface area contributed by atoms with Crippen molar-refractivity contribution in [3.8, 4) is 0 Å². The van der Waals surface area contributed by atoms with Crippen molar-refractivity contribution in [1.29, 1.82) is 0 Å². The molecule has 308 valence electrons. The number of carbonyl (C=O) groups is 2. The monoisotopic (exact) mass is 759 g/mol. The fourth-order valence-corrected chi connectivity index (χ4v) is 9.98. The Kier molecular flexibility index (Phi) is 14.0. The maximum absolute atomic E-state index is 14.3. The summed E-state index contributed by atoms with van der Waals surface area (Å²) in [5.41, 5.74) is 3.74. The van der Waals surface area contributed by atoms with Gasteiger partial charge in [0.05, 0.1) is 18.1 Å². The number of amides is 3. The predicted octanol–water partition coefficient (Wildman–Crippen LogP) is 9.10. The first kappa shape index (κ1) is 43.0. The predicted molar refractivity (Wildman–Crippen MR) is 229 cm³/mol. The Hall–Kier alpha value is -3.16. The molecule has 3 amide bonds. The largest absolute Gasteiger partial charge is 0.382 e. The number of piperidine rings is 1. The smallest absolute Gasteiger partial charge is 0.315 e. The van der Waals surface area contributed by atoms with Crippen LogP contribution in [-0.2, 0) is 4.79 Å². The molecule has 0 aromatic rings. The summed E-state index contributed by atoms with van der Waals surface area (Å²) in [6.45, 7) is 38.3. The molecule has 5 N–H and O–H groups in total. The molecular weight excluding hydrogens is 681 g/mol. The van der Waals surface area contributed by atoms with E-state index in [0.717, 1.165) is 86.6 Å². The van der Waals surface area contributed by atoms with E-state index in [0.29, 0.717) is 37.1 Å². The first-order valence-electron chi connectivity index (χ1n) is 22.0. The van der Waals surface area contributed by atoms with Gasteiger partial charge in [-0.25, -0.2) is 4.79 Å². The molecule has 4 aliphatic carbocycles. The van der Waals surface area contributed by atoms with Crippen molar-refractivity contribution in [2.45, 2.75) is 162 Å². The molecule has 8 nitrogen and oxygen atoms in total. The number of hydrogen-bond acceptors (Lipinski definition) is 5. The number of nitrogens with one attached hydrogen (secondary N) is 5. The zero-order valence-electron chi connectivity index (χ0n) is 35.7. The minimum absolute atomic E-state index is 0.0302. The van der Waals surface area contributed by atoms with Crippen LogP contribution < -0.4 is 26.6 Å². The highest BCUT2D eigenvalue weighted by molar-refractivity contribution is 5.77. The van der Waals surface area contributed by atoms with E-state index in [1.54, 1.807) is 0 Å². The molecule has 0 aromatic carbocycles. The molecule has 4 unspecified atom stereocenters. The topological polar surface area (TPSA) is 97.5 Å². The Bertz CT molecular complexity index is 1420. The third-order valence-electron chi connectivity index (χ3n) is 14.4. The summed E-state index contributed by atoms with van der Waals surface area (Å²) >= 11 is 0. The van der Waals surface area contributed by atoms with Crippen LogP contribution in [0.2, 0.25) is 0 Å². The molecule has 6 atom stereocenters. The van der Waals surface area contributed by atoms with E-state index >= 15 is 0 Å². The Morgan fingerprint density at radius 3 is 2.13 bits per heavy atom. The van der Waals surface area contributed by atoms with E-state index in [9.17, 15) is 9.59 Å². The van der Waals surface area contributed by atoms with Gasteiger partial charge in [0.2, 0.25) is 5.91 Å². The maximum Gasteiger partial charge on any atom is 0.315 e. The van der Waals surface area contributed by atoms with Gasteiger partial charge in [0, 0.05) is 49.2 Å². The number of likely N-dealkylation sites (tertiary alicyclic amines) is 1. The first-order chi connectivity index (χ1) is 26.0. The minimum atomic E-state index is -0.225. The average Bonchev–Trinajstić information content (AvgIpc) is 4.07. The number of carbonyl (C=O) groups excluding carboxylic acids is 2. The van der Waals surface area contributed by atoms with Crippen LogP contribution in [0.4, 0.5) is 4.79 Å². The molecule has 1 saturated heterocycles. The molecule has 0 aromatic heterocycles. The number of fused-ring (bicyclic) bond motifs is 1. The van der Waals surface area contributed by atoms with Gasteiger partial charge in [-0.05, 0) is 96.9 Å². The third kappa shape index (κ3) is 10.8. The molecule has 55 heavy (non-hydrogen) atoms. The van der Waals surface area contributed by atoms with Gasteiger partial charge in [0.15, 0.2) is 0 Å². The zero-order chi connectivity index (χ0) is 40.1. The van der Waals surface area contributed by atoms with Crippen LogP contribution in [0.3, 0.4) is 0 Å². The van der Waals surface area contributed by atoms with E-state index in [1.807, 2.05) is 6.08 Å². The van der Waals surface area contributed by atoms with E-state index in [4.69, 9.17) is 13.2 Å². The van der Waals surface area contributed by atoms with Gasteiger partial charge in [0.25, 0.3) is 0 Å². The number of urea groups is 1. The van der Waals surface area contributed by atoms with Crippen molar-refractivity contribution in [1.82, 2.24) is 31.5 Å². The summed E-state index contributed by atoms with van der Waals surface area (Å²) in [5.74, 6) is 2.50. The molecule has 0 radical (unpaired) electrons. The number of hydrogen-bond donors (Lipinski definition) is 5. The van der Waals surface area contributed by atoms with E-state index in [2.05, 4.69) is 92.8 Å². The molecular formula is C47H78N6O2. The van der Waals surface area contributed by atoms with Gasteiger partial charge in [-0.1, -0.05) is 112 Å². The normalized spacial score (nSPS) is 25.6. The molecule has 0 spiro atoms. The van der Waals surface area contributed by atoms with Crippen LogP contribution in [-0.4, -0.2) is 60.6 Å². The zero-order valence-corrected chi connectivity index (χ0v) is 35.7. The van der Waals surface area contributed by atoms with Crippen molar-refractivity contribution in [2.75, 3.05) is 19.6 Å². The van der Waals surface area contributed by atoms with Crippen molar-refractivity contribution >= 4 is 11.9 Å². The highest BCUT2D eigenvalue weighted by Crippen LogP contribution is 2.66. The summed E-state index contributed by atoms with van der Waals surface area (Å²) in [6.07, 6.45) is 17.9. The molecule has 4 saturated carbocycles. The summed E-state index contributed by atoms with van der Waals surface area (Å²) < 4.78 is 0. The quantitative estimate of drug-likeness (QED) is 0.0432. The first-order valence-corrected chi connectivity index (χ1v) is 22.0. The number of nitrogens with zero attached hydrogens (tertiary/aromatic N) is 1. The fourth-order valence-electron chi connectivity index (χ4n) is 9.98. The van der Waals surface area contributed by atoms with E-state index < -0.39 is 0 Å². The second kappa shape index (κ2) is 18.0. The Labute approximate surface area is 335 Å². The summed E-state index contributed by atoms with van der Waals surface area (Å²) in [5, 5.41) is 17.3. The standard InChI is InChI=1S/C47H78N6O2/c1-12-28-48-32(4)31(3)38(23-22-35-18-19-35)50-33(5)42-41-37(46(41,10)11)30-53(42)34(6)43(47(13-2)26-16-14-15-17-27-47)52-44(55)51-39(45(7,8)9)24-25-40(54)49-29-36-20-21-36/h12,35-39,41-43,48,50H,1,3-6,13-30H2,2,7-11H3,(H,49,54)(H2,51,52,55)/t37-,38?,39?,41-,42?,43?/m0/s1. The minimum Gasteiger partial charge on any atom is -0.382 e.